The highest BCUT2D eigenvalue weighted by Crippen LogP contribution is 2.22. The van der Waals surface area contributed by atoms with Crippen LogP contribution in [0.25, 0.3) is 0 Å². The van der Waals surface area contributed by atoms with Crippen LogP contribution in [0, 0.1) is 0 Å². The fraction of sp³-hybridized carbons (Fsp3) is 0.571. The van der Waals surface area contributed by atoms with E-state index in [2.05, 4.69) is 9.97 Å². The third-order valence-corrected chi connectivity index (χ3v) is 5.48. The summed E-state index contributed by atoms with van der Waals surface area (Å²) in [6, 6.07) is 0. The van der Waals surface area contributed by atoms with E-state index in [0.29, 0.717) is 11.6 Å². The van der Waals surface area contributed by atoms with Crippen molar-refractivity contribution in [1.29, 1.82) is 0 Å². The summed E-state index contributed by atoms with van der Waals surface area (Å²) < 4.78 is 28.3. The maximum absolute atomic E-state index is 12.9. The molecule has 0 N–H and O–H groups in total. The maximum atomic E-state index is 12.9. The van der Waals surface area contributed by atoms with Gasteiger partial charge in [0.2, 0.25) is 0 Å². The van der Waals surface area contributed by atoms with Gasteiger partial charge in [0.1, 0.15) is 11.6 Å². The van der Waals surface area contributed by atoms with Crippen LogP contribution in [0.2, 0.25) is 0 Å². The molecule has 0 radical (unpaired) electrons. The molecule has 116 valence electrons. The van der Waals surface area contributed by atoms with Crippen molar-refractivity contribution in [1.82, 2.24) is 17.9 Å². The molecule has 2 aromatic heterocycles. The molecule has 2 atom stereocenters. The Morgan fingerprint density at radius 2 is 1.33 bits per heavy atom. The molecule has 7 heteroatoms. The Morgan fingerprint density at radius 3 is 1.67 bits per heavy atom. The lowest BCUT2D eigenvalue weighted by molar-refractivity contribution is 0.560. The average Bonchev–Trinajstić information content (AvgIpc) is 3.14. The van der Waals surface area contributed by atoms with Gasteiger partial charge in [0.25, 0.3) is 0 Å². The molecule has 0 aliphatic heterocycles. The number of hydrogen-bond acceptors (Lipinski definition) is 4. The SMILES string of the molecule is CCC(C)c1nccn1S(=O)(=O)n1ccnc1C(C)CC. The van der Waals surface area contributed by atoms with Crippen molar-refractivity contribution in [2.75, 3.05) is 0 Å². The van der Waals surface area contributed by atoms with Crippen LogP contribution in [-0.2, 0) is 10.2 Å². The fourth-order valence-electron chi connectivity index (χ4n) is 2.15. The summed E-state index contributed by atoms with van der Waals surface area (Å²) in [5.41, 5.74) is 0. The molecule has 21 heavy (non-hydrogen) atoms. The minimum absolute atomic E-state index is 0.0744. The van der Waals surface area contributed by atoms with Gasteiger partial charge < -0.3 is 0 Å². The second kappa shape index (κ2) is 6.01. The van der Waals surface area contributed by atoms with Gasteiger partial charge in [-0.05, 0) is 12.8 Å². The standard InChI is InChI=1S/C14H22N4O2S/c1-5-11(3)13-15-7-9-17(13)21(19,20)18-10-8-16-14(18)12(4)6-2/h7-12H,5-6H2,1-4H3. The number of rotatable bonds is 6. The third kappa shape index (κ3) is 2.74. The van der Waals surface area contributed by atoms with Crippen molar-refractivity contribution in [2.24, 2.45) is 0 Å². The lowest BCUT2D eigenvalue weighted by Gasteiger charge is -2.16. The Morgan fingerprint density at radius 1 is 0.952 bits per heavy atom. The van der Waals surface area contributed by atoms with Crippen LogP contribution in [0.15, 0.2) is 24.8 Å². The molecule has 2 aromatic rings. The summed E-state index contributed by atoms with van der Waals surface area (Å²) in [7, 11) is -3.72. The maximum Gasteiger partial charge on any atom is 0.336 e. The summed E-state index contributed by atoms with van der Waals surface area (Å²) in [6.07, 6.45) is 7.70. The Balaban J connectivity index is 2.54. The molecule has 2 heterocycles. The van der Waals surface area contributed by atoms with Crippen LogP contribution in [0.4, 0.5) is 0 Å². The minimum atomic E-state index is -3.72. The zero-order valence-electron chi connectivity index (χ0n) is 12.9. The quantitative estimate of drug-likeness (QED) is 0.822. The molecule has 6 nitrogen and oxygen atoms in total. The summed E-state index contributed by atoms with van der Waals surface area (Å²) in [4.78, 5) is 8.42. The first-order chi connectivity index (χ1) is 9.93. The van der Waals surface area contributed by atoms with E-state index < -0.39 is 10.2 Å². The number of nitrogens with zero attached hydrogens (tertiary/aromatic N) is 4. The van der Waals surface area contributed by atoms with Crippen molar-refractivity contribution < 1.29 is 8.42 Å². The summed E-state index contributed by atoms with van der Waals surface area (Å²) in [5, 5.41) is 0. The van der Waals surface area contributed by atoms with Crippen molar-refractivity contribution >= 4 is 10.2 Å². The largest absolute Gasteiger partial charge is 0.336 e. The normalized spacial score (nSPS) is 15.0. The Labute approximate surface area is 126 Å². The van der Waals surface area contributed by atoms with Crippen molar-refractivity contribution in [3.05, 3.63) is 36.4 Å². The van der Waals surface area contributed by atoms with Gasteiger partial charge in [-0.25, -0.2) is 17.9 Å². The lowest BCUT2D eigenvalue weighted by atomic mass is 10.1. The highest BCUT2D eigenvalue weighted by Gasteiger charge is 2.25. The monoisotopic (exact) mass is 310 g/mol. The molecular formula is C14H22N4O2S. The minimum Gasteiger partial charge on any atom is -0.240 e. The molecule has 0 aliphatic rings. The Hall–Kier alpha value is -1.63. The molecular weight excluding hydrogens is 288 g/mol. The third-order valence-electron chi connectivity index (χ3n) is 3.87. The van der Waals surface area contributed by atoms with E-state index in [1.54, 1.807) is 0 Å². The molecule has 2 rings (SSSR count). The van der Waals surface area contributed by atoms with Gasteiger partial charge in [0.05, 0.1) is 0 Å². The predicted octanol–water partition coefficient (Wildman–Crippen LogP) is 2.75. The van der Waals surface area contributed by atoms with Gasteiger partial charge >= 0.3 is 10.2 Å². The first kappa shape index (κ1) is 15.8. The number of hydrogen-bond donors (Lipinski definition) is 0. The molecule has 0 spiro atoms. The molecule has 0 saturated carbocycles. The molecule has 2 unspecified atom stereocenters. The van der Waals surface area contributed by atoms with Gasteiger partial charge in [0, 0.05) is 36.6 Å². The fourth-order valence-corrected chi connectivity index (χ4v) is 3.68. The molecule has 0 bridgehead atoms. The summed E-state index contributed by atoms with van der Waals surface area (Å²) in [6.45, 7) is 7.96. The smallest absolute Gasteiger partial charge is 0.240 e. The number of imidazole rings is 2. The van der Waals surface area contributed by atoms with E-state index >= 15 is 0 Å². The van der Waals surface area contributed by atoms with Gasteiger partial charge in [-0.2, -0.15) is 8.42 Å². The van der Waals surface area contributed by atoms with E-state index in [1.807, 2.05) is 27.7 Å². The number of aromatic nitrogens is 4. The van der Waals surface area contributed by atoms with E-state index in [0.717, 1.165) is 12.8 Å². The Bertz CT molecular complexity index is 648. The van der Waals surface area contributed by atoms with E-state index in [-0.39, 0.29) is 11.8 Å². The van der Waals surface area contributed by atoms with E-state index in [1.165, 1.54) is 32.7 Å². The van der Waals surface area contributed by atoms with Crippen molar-refractivity contribution in [2.45, 2.75) is 52.4 Å². The van der Waals surface area contributed by atoms with Crippen LogP contribution >= 0.6 is 0 Å². The predicted molar refractivity (Wildman–Crippen MR) is 81.6 cm³/mol. The molecule has 0 saturated heterocycles. The van der Waals surface area contributed by atoms with Crippen LogP contribution in [0.5, 0.6) is 0 Å². The molecule has 0 aromatic carbocycles. The van der Waals surface area contributed by atoms with Gasteiger partial charge in [-0.15, -0.1) is 0 Å². The van der Waals surface area contributed by atoms with Gasteiger partial charge in [-0.1, -0.05) is 27.7 Å². The second-order valence-corrected chi connectivity index (χ2v) is 6.97. The highest BCUT2D eigenvalue weighted by atomic mass is 32.2. The summed E-state index contributed by atoms with van der Waals surface area (Å²) >= 11 is 0. The van der Waals surface area contributed by atoms with Crippen LogP contribution in [-0.4, -0.2) is 26.3 Å². The average molecular weight is 310 g/mol. The first-order valence-electron chi connectivity index (χ1n) is 7.26. The molecule has 0 fully saturated rings. The van der Waals surface area contributed by atoms with Crippen LogP contribution in [0.3, 0.4) is 0 Å². The molecule has 0 aliphatic carbocycles. The van der Waals surface area contributed by atoms with Crippen LogP contribution < -0.4 is 0 Å². The molecule has 0 amide bonds. The van der Waals surface area contributed by atoms with E-state index in [9.17, 15) is 8.42 Å². The second-order valence-electron chi connectivity index (χ2n) is 5.29. The Kier molecular flexibility index (Phi) is 4.51. The first-order valence-corrected chi connectivity index (χ1v) is 8.65. The van der Waals surface area contributed by atoms with Crippen LogP contribution in [0.1, 0.15) is 64.0 Å². The highest BCUT2D eigenvalue weighted by molar-refractivity contribution is 7.88. The zero-order chi connectivity index (χ0) is 15.6. The van der Waals surface area contributed by atoms with Crippen molar-refractivity contribution in [3.63, 3.8) is 0 Å². The zero-order valence-corrected chi connectivity index (χ0v) is 13.7. The topological polar surface area (TPSA) is 69.8 Å². The van der Waals surface area contributed by atoms with E-state index in [4.69, 9.17) is 0 Å². The summed E-state index contributed by atoms with van der Waals surface area (Å²) in [5.74, 6) is 1.26. The van der Waals surface area contributed by atoms with Gasteiger partial charge in [-0.3, -0.25) is 0 Å². The van der Waals surface area contributed by atoms with Crippen molar-refractivity contribution in [3.8, 4) is 0 Å². The van der Waals surface area contributed by atoms with Gasteiger partial charge in [0.15, 0.2) is 0 Å². The lowest BCUT2D eigenvalue weighted by Crippen LogP contribution is -2.25.